The summed E-state index contributed by atoms with van der Waals surface area (Å²) in [5.41, 5.74) is 0.761. The molecule has 0 N–H and O–H groups in total. The van der Waals surface area contributed by atoms with Crippen LogP contribution in [0.1, 0.15) is 0 Å². The van der Waals surface area contributed by atoms with Crippen molar-refractivity contribution in [1.82, 2.24) is 14.5 Å². The molecule has 3 rings (SSSR count). The van der Waals surface area contributed by atoms with Crippen LogP contribution in [0.3, 0.4) is 0 Å². The lowest BCUT2D eigenvalue weighted by Gasteiger charge is -2.26. The van der Waals surface area contributed by atoms with Gasteiger partial charge >= 0.3 is 0 Å². The van der Waals surface area contributed by atoms with Gasteiger partial charge in [0.05, 0.1) is 37.3 Å². The van der Waals surface area contributed by atoms with Crippen LogP contribution in [-0.2, 0) is 16.0 Å². The highest BCUT2D eigenvalue weighted by Gasteiger charge is 2.13. The molecule has 2 heterocycles. The Balaban J connectivity index is 1.77. The van der Waals surface area contributed by atoms with E-state index in [-0.39, 0.29) is 5.56 Å². The second-order valence-electron chi connectivity index (χ2n) is 5.66. The number of para-hydroxylation sites is 1. The summed E-state index contributed by atoms with van der Waals surface area (Å²) >= 11 is 1.63. The van der Waals surface area contributed by atoms with Crippen molar-refractivity contribution in [3.05, 3.63) is 34.6 Å². The van der Waals surface area contributed by atoms with E-state index in [1.54, 1.807) is 23.4 Å². The summed E-state index contributed by atoms with van der Waals surface area (Å²) < 4.78 is 12.3. The quantitative estimate of drug-likeness (QED) is 0.557. The predicted octanol–water partition coefficient (Wildman–Crippen LogP) is 1.47. The van der Waals surface area contributed by atoms with Gasteiger partial charge in [0, 0.05) is 32.5 Å². The van der Waals surface area contributed by atoms with Crippen LogP contribution in [0, 0.1) is 0 Å². The zero-order valence-electron chi connectivity index (χ0n) is 13.9. The Bertz CT molecular complexity index is 729. The molecule has 0 spiro atoms. The Morgan fingerprint density at radius 1 is 1.25 bits per heavy atom. The van der Waals surface area contributed by atoms with E-state index in [1.807, 2.05) is 24.3 Å². The summed E-state index contributed by atoms with van der Waals surface area (Å²) in [6.45, 7) is 5.55. The maximum absolute atomic E-state index is 12.7. The van der Waals surface area contributed by atoms with Crippen molar-refractivity contribution in [2.75, 3.05) is 52.3 Å². The molecule has 1 saturated heterocycles. The van der Waals surface area contributed by atoms with Crippen LogP contribution in [0.25, 0.3) is 10.9 Å². The van der Waals surface area contributed by atoms with Gasteiger partial charge in [-0.2, -0.15) is 0 Å². The number of morpholine rings is 1. The summed E-state index contributed by atoms with van der Waals surface area (Å²) in [5, 5.41) is 1.43. The van der Waals surface area contributed by atoms with Crippen LogP contribution in [0.4, 0.5) is 0 Å². The van der Waals surface area contributed by atoms with E-state index in [4.69, 9.17) is 14.5 Å². The molecule has 130 valence electrons. The highest BCUT2D eigenvalue weighted by Crippen LogP contribution is 2.18. The molecule has 6 nitrogen and oxygen atoms in total. The lowest BCUT2D eigenvalue weighted by Crippen LogP contribution is -2.37. The number of fused-ring (bicyclic) bond motifs is 1. The van der Waals surface area contributed by atoms with Crippen LogP contribution >= 0.6 is 11.8 Å². The Kier molecular flexibility index (Phi) is 6.25. The van der Waals surface area contributed by atoms with Crippen molar-refractivity contribution >= 4 is 22.7 Å². The van der Waals surface area contributed by atoms with E-state index >= 15 is 0 Å². The summed E-state index contributed by atoms with van der Waals surface area (Å²) in [6, 6.07) is 7.51. The second kappa shape index (κ2) is 8.62. The lowest BCUT2D eigenvalue weighted by molar-refractivity contribution is 0.0410. The molecule has 2 aromatic rings. The first-order valence-electron chi connectivity index (χ1n) is 8.21. The molecule has 0 amide bonds. The fourth-order valence-corrected chi connectivity index (χ4v) is 3.75. The van der Waals surface area contributed by atoms with Crippen LogP contribution < -0.4 is 5.56 Å². The molecule has 0 radical (unpaired) electrons. The zero-order valence-corrected chi connectivity index (χ0v) is 14.8. The third-order valence-corrected chi connectivity index (χ3v) is 5.04. The molecule has 0 saturated carbocycles. The van der Waals surface area contributed by atoms with Crippen molar-refractivity contribution in [2.45, 2.75) is 11.7 Å². The molecule has 1 aromatic carbocycles. The Hall–Kier alpha value is -1.41. The molecule has 24 heavy (non-hydrogen) atoms. The average molecular weight is 349 g/mol. The minimum Gasteiger partial charge on any atom is -0.383 e. The smallest absolute Gasteiger partial charge is 0.262 e. The first-order chi connectivity index (χ1) is 11.8. The zero-order chi connectivity index (χ0) is 16.8. The average Bonchev–Trinajstić information content (AvgIpc) is 2.62. The van der Waals surface area contributed by atoms with Crippen molar-refractivity contribution in [3.63, 3.8) is 0 Å². The number of hydrogen-bond donors (Lipinski definition) is 0. The summed E-state index contributed by atoms with van der Waals surface area (Å²) in [7, 11) is 1.64. The van der Waals surface area contributed by atoms with Gasteiger partial charge in [0.1, 0.15) is 0 Å². The van der Waals surface area contributed by atoms with E-state index in [1.165, 1.54) is 0 Å². The number of hydrogen-bond acceptors (Lipinski definition) is 6. The predicted molar refractivity (Wildman–Crippen MR) is 95.9 cm³/mol. The lowest BCUT2D eigenvalue weighted by atomic mass is 10.2. The van der Waals surface area contributed by atoms with Gasteiger partial charge in [-0.05, 0) is 12.1 Å². The minimum atomic E-state index is 0.00604. The molecular formula is C17H23N3O3S. The van der Waals surface area contributed by atoms with Gasteiger partial charge in [-0.3, -0.25) is 14.3 Å². The summed E-state index contributed by atoms with van der Waals surface area (Å²) in [4.78, 5) is 19.8. The molecule has 1 aromatic heterocycles. The van der Waals surface area contributed by atoms with E-state index in [0.717, 1.165) is 49.3 Å². The van der Waals surface area contributed by atoms with Crippen molar-refractivity contribution in [3.8, 4) is 0 Å². The fourth-order valence-electron chi connectivity index (χ4n) is 2.73. The second-order valence-corrected chi connectivity index (χ2v) is 6.73. The molecule has 0 atom stereocenters. The fraction of sp³-hybridized carbons (Fsp3) is 0.529. The molecule has 0 unspecified atom stereocenters. The van der Waals surface area contributed by atoms with Gasteiger partial charge in [-0.15, -0.1) is 0 Å². The maximum Gasteiger partial charge on any atom is 0.262 e. The van der Waals surface area contributed by atoms with Crippen LogP contribution in [-0.4, -0.2) is 66.8 Å². The molecule has 0 aliphatic carbocycles. The van der Waals surface area contributed by atoms with Gasteiger partial charge in [-0.25, -0.2) is 4.98 Å². The number of rotatable bonds is 7. The van der Waals surface area contributed by atoms with Gasteiger partial charge in [0.2, 0.25) is 0 Å². The SMILES string of the molecule is COCCn1c(SCCN2CCOCC2)nc2ccccc2c1=O. The van der Waals surface area contributed by atoms with Gasteiger partial charge < -0.3 is 9.47 Å². The van der Waals surface area contributed by atoms with E-state index in [9.17, 15) is 4.79 Å². The largest absolute Gasteiger partial charge is 0.383 e. The molecule has 1 aliphatic rings. The number of methoxy groups -OCH3 is 1. The summed E-state index contributed by atoms with van der Waals surface area (Å²) in [6.07, 6.45) is 0. The van der Waals surface area contributed by atoms with Crippen LogP contribution in [0.2, 0.25) is 0 Å². The standard InChI is InChI=1S/C17H23N3O3S/c1-22-10-8-20-16(21)14-4-2-3-5-15(14)18-17(20)24-13-9-19-6-11-23-12-7-19/h2-5H,6-13H2,1H3. The monoisotopic (exact) mass is 349 g/mol. The van der Waals surface area contributed by atoms with Crippen molar-refractivity contribution < 1.29 is 9.47 Å². The van der Waals surface area contributed by atoms with Crippen molar-refractivity contribution in [2.24, 2.45) is 0 Å². The molecule has 7 heteroatoms. The van der Waals surface area contributed by atoms with E-state index < -0.39 is 0 Å². The molecule has 1 aliphatic heterocycles. The van der Waals surface area contributed by atoms with Crippen LogP contribution in [0.5, 0.6) is 0 Å². The van der Waals surface area contributed by atoms with Gasteiger partial charge in [-0.1, -0.05) is 23.9 Å². The van der Waals surface area contributed by atoms with Crippen molar-refractivity contribution in [1.29, 1.82) is 0 Å². The molecule has 0 bridgehead atoms. The molecule has 1 fully saturated rings. The third kappa shape index (κ3) is 4.16. The first-order valence-corrected chi connectivity index (χ1v) is 9.19. The number of thioether (sulfide) groups is 1. The highest BCUT2D eigenvalue weighted by atomic mass is 32.2. The number of benzene rings is 1. The Labute approximate surface area is 145 Å². The Morgan fingerprint density at radius 2 is 2.04 bits per heavy atom. The van der Waals surface area contributed by atoms with E-state index in [2.05, 4.69) is 4.90 Å². The molecular weight excluding hydrogens is 326 g/mol. The van der Waals surface area contributed by atoms with E-state index in [0.29, 0.717) is 18.5 Å². The van der Waals surface area contributed by atoms with Crippen LogP contribution in [0.15, 0.2) is 34.2 Å². The number of nitrogens with zero attached hydrogens (tertiary/aromatic N) is 3. The Morgan fingerprint density at radius 3 is 2.83 bits per heavy atom. The van der Waals surface area contributed by atoms with Gasteiger partial charge in [0.25, 0.3) is 5.56 Å². The summed E-state index contributed by atoms with van der Waals surface area (Å²) in [5.74, 6) is 0.901. The highest BCUT2D eigenvalue weighted by molar-refractivity contribution is 7.99. The number of ether oxygens (including phenoxy) is 2. The van der Waals surface area contributed by atoms with Gasteiger partial charge in [0.15, 0.2) is 5.16 Å². The normalized spacial score (nSPS) is 15.9. The third-order valence-electron chi connectivity index (χ3n) is 4.09. The number of aromatic nitrogens is 2. The maximum atomic E-state index is 12.7. The topological polar surface area (TPSA) is 56.6 Å². The minimum absolute atomic E-state index is 0.00604. The first kappa shape index (κ1) is 17.4.